The van der Waals surface area contributed by atoms with Gasteiger partial charge in [-0.2, -0.15) is 5.10 Å². The fraction of sp³-hybridized carbons (Fsp3) is 0.400. The fourth-order valence-corrected chi connectivity index (χ4v) is 2.45. The van der Waals surface area contributed by atoms with Crippen LogP contribution in [0.25, 0.3) is 11.3 Å². The van der Waals surface area contributed by atoms with E-state index in [0.717, 1.165) is 37.4 Å². The average Bonchev–Trinajstić information content (AvgIpc) is 3.11. The van der Waals surface area contributed by atoms with E-state index in [0.29, 0.717) is 6.04 Å². The van der Waals surface area contributed by atoms with E-state index in [1.54, 1.807) is 0 Å². The minimum atomic E-state index is 0.499. The number of rotatable bonds is 4. The van der Waals surface area contributed by atoms with Gasteiger partial charge in [0.25, 0.3) is 0 Å². The molecule has 100 valence electrons. The molecule has 1 saturated heterocycles. The zero-order chi connectivity index (χ0) is 13.1. The first-order chi connectivity index (χ1) is 9.35. The summed E-state index contributed by atoms with van der Waals surface area (Å²) in [5, 5.41) is 14.2. The molecule has 1 aliphatic heterocycles. The highest BCUT2D eigenvalue weighted by Gasteiger charge is 2.15. The van der Waals surface area contributed by atoms with Gasteiger partial charge in [0.05, 0.1) is 5.69 Å². The first kappa shape index (κ1) is 12.2. The summed E-state index contributed by atoms with van der Waals surface area (Å²) < 4.78 is 0. The van der Waals surface area contributed by atoms with Gasteiger partial charge < -0.3 is 10.6 Å². The Morgan fingerprint density at radius 3 is 2.84 bits per heavy atom. The number of hydrogen-bond acceptors (Lipinski definition) is 3. The van der Waals surface area contributed by atoms with Crippen molar-refractivity contribution in [3.05, 3.63) is 35.9 Å². The number of benzene rings is 1. The molecule has 19 heavy (non-hydrogen) atoms. The predicted molar refractivity (Wildman–Crippen MR) is 78.3 cm³/mol. The van der Waals surface area contributed by atoms with Crippen LogP contribution in [-0.2, 0) is 6.42 Å². The van der Waals surface area contributed by atoms with Gasteiger partial charge in [-0.15, -0.1) is 0 Å². The van der Waals surface area contributed by atoms with Crippen LogP contribution in [0.5, 0.6) is 0 Å². The topological polar surface area (TPSA) is 52.7 Å². The van der Waals surface area contributed by atoms with Gasteiger partial charge in [0.2, 0.25) is 0 Å². The second-order valence-corrected chi connectivity index (χ2v) is 5.05. The number of aromatic amines is 1. The lowest BCUT2D eigenvalue weighted by atomic mass is 10.1. The van der Waals surface area contributed by atoms with Crippen molar-refractivity contribution in [3.8, 4) is 11.3 Å². The van der Waals surface area contributed by atoms with Crippen LogP contribution >= 0.6 is 0 Å². The second-order valence-electron chi connectivity index (χ2n) is 5.05. The van der Waals surface area contributed by atoms with Crippen molar-refractivity contribution in [2.45, 2.75) is 25.8 Å². The number of nitrogens with one attached hydrogen (secondary N) is 3. The van der Waals surface area contributed by atoms with Crippen LogP contribution < -0.4 is 10.6 Å². The Labute approximate surface area is 113 Å². The Balaban J connectivity index is 1.72. The molecule has 1 fully saturated rings. The highest BCUT2D eigenvalue weighted by molar-refractivity contribution is 5.63. The molecule has 0 aliphatic carbocycles. The summed E-state index contributed by atoms with van der Waals surface area (Å²) >= 11 is 0. The molecule has 0 spiro atoms. The Kier molecular flexibility index (Phi) is 3.51. The number of anilines is 1. The maximum Gasteiger partial charge on any atom is 0.148 e. The molecule has 1 aromatic heterocycles. The van der Waals surface area contributed by atoms with Crippen molar-refractivity contribution < 1.29 is 0 Å². The number of H-pyrrole nitrogens is 1. The number of hydrogen-bond donors (Lipinski definition) is 3. The molecule has 0 bridgehead atoms. The summed E-state index contributed by atoms with van der Waals surface area (Å²) in [6.45, 7) is 4.28. The molecular formula is C15H20N4. The molecule has 3 N–H and O–H groups in total. The van der Waals surface area contributed by atoms with Gasteiger partial charge >= 0.3 is 0 Å². The molecular weight excluding hydrogens is 236 g/mol. The summed E-state index contributed by atoms with van der Waals surface area (Å²) in [7, 11) is 0. The lowest BCUT2D eigenvalue weighted by Gasteiger charge is -2.08. The Hall–Kier alpha value is -1.81. The van der Waals surface area contributed by atoms with Gasteiger partial charge in [-0.3, -0.25) is 5.10 Å². The van der Waals surface area contributed by atoms with E-state index >= 15 is 0 Å². The lowest BCUT2D eigenvalue weighted by Crippen LogP contribution is -2.22. The number of aromatic nitrogens is 2. The monoisotopic (exact) mass is 256 g/mol. The average molecular weight is 256 g/mol. The minimum absolute atomic E-state index is 0.499. The van der Waals surface area contributed by atoms with E-state index in [2.05, 4.69) is 58.1 Å². The Bertz CT molecular complexity index is 523. The van der Waals surface area contributed by atoms with Crippen LogP contribution in [-0.4, -0.2) is 29.3 Å². The molecule has 0 amide bonds. The zero-order valence-corrected chi connectivity index (χ0v) is 11.2. The number of nitrogens with zero attached hydrogens (tertiary/aromatic N) is 1. The van der Waals surface area contributed by atoms with Crippen molar-refractivity contribution in [2.24, 2.45) is 0 Å². The van der Waals surface area contributed by atoms with Gasteiger partial charge in [-0.25, -0.2) is 0 Å². The SMILES string of the molecule is CCc1ccc(-c2cc(NC3CCNC3)n[nH]2)cc1. The van der Waals surface area contributed by atoms with E-state index in [-0.39, 0.29) is 0 Å². The van der Waals surface area contributed by atoms with E-state index in [1.807, 2.05) is 0 Å². The molecule has 2 aromatic rings. The first-order valence-electron chi connectivity index (χ1n) is 6.97. The van der Waals surface area contributed by atoms with Crippen LogP contribution in [0.2, 0.25) is 0 Å². The minimum Gasteiger partial charge on any atom is -0.365 e. The maximum absolute atomic E-state index is 4.33. The molecule has 0 radical (unpaired) electrons. The molecule has 1 aromatic carbocycles. The van der Waals surface area contributed by atoms with Crippen LogP contribution in [0.15, 0.2) is 30.3 Å². The fourth-order valence-electron chi connectivity index (χ4n) is 2.45. The largest absolute Gasteiger partial charge is 0.365 e. The second kappa shape index (κ2) is 5.45. The third-order valence-electron chi connectivity index (χ3n) is 3.66. The lowest BCUT2D eigenvalue weighted by molar-refractivity contribution is 0.786. The van der Waals surface area contributed by atoms with Crippen molar-refractivity contribution in [1.29, 1.82) is 0 Å². The molecule has 1 unspecified atom stereocenters. The van der Waals surface area contributed by atoms with Crippen molar-refractivity contribution >= 4 is 5.82 Å². The van der Waals surface area contributed by atoms with Crippen LogP contribution in [0.3, 0.4) is 0 Å². The summed E-state index contributed by atoms with van der Waals surface area (Å²) in [4.78, 5) is 0. The first-order valence-corrected chi connectivity index (χ1v) is 6.97. The van der Waals surface area contributed by atoms with Gasteiger partial charge in [-0.1, -0.05) is 31.2 Å². The summed E-state index contributed by atoms with van der Waals surface area (Å²) in [5.74, 6) is 0.934. The van der Waals surface area contributed by atoms with E-state index in [9.17, 15) is 0 Å². The van der Waals surface area contributed by atoms with E-state index in [1.165, 1.54) is 11.1 Å². The third kappa shape index (κ3) is 2.79. The van der Waals surface area contributed by atoms with Gasteiger partial charge in [-0.05, 0) is 30.5 Å². The third-order valence-corrected chi connectivity index (χ3v) is 3.66. The van der Waals surface area contributed by atoms with Crippen LogP contribution in [0, 0.1) is 0 Å². The van der Waals surface area contributed by atoms with Crippen molar-refractivity contribution in [1.82, 2.24) is 15.5 Å². The summed E-state index contributed by atoms with van der Waals surface area (Å²) in [5.41, 5.74) is 3.61. The molecule has 1 atom stereocenters. The Morgan fingerprint density at radius 1 is 1.32 bits per heavy atom. The van der Waals surface area contributed by atoms with E-state index < -0.39 is 0 Å². The summed E-state index contributed by atoms with van der Waals surface area (Å²) in [6, 6.07) is 11.2. The van der Waals surface area contributed by atoms with Crippen molar-refractivity contribution in [2.75, 3.05) is 18.4 Å². The normalized spacial score (nSPS) is 18.7. The van der Waals surface area contributed by atoms with Crippen LogP contribution in [0.1, 0.15) is 18.9 Å². The maximum atomic E-state index is 4.33. The molecule has 0 saturated carbocycles. The van der Waals surface area contributed by atoms with Gasteiger partial charge in [0, 0.05) is 18.7 Å². The highest BCUT2D eigenvalue weighted by atomic mass is 15.2. The molecule has 4 nitrogen and oxygen atoms in total. The smallest absolute Gasteiger partial charge is 0.148 e. The van der Waals surface area contributed by atoms with Gasteiger partial charge in [0.15, 0.2) is 0 Å². The quantitative estimate of drug-likeness (QED) is 0.787. The zero-order valence-electron chi connectivity index (χ0n) is 11.2. The molecule has 3 rings (SSSR count). The predicted octanol–water partition coefficient (Wildman–Crippen LogP) is 2.41. The molecule has 2 heterocycles. The molecule has 4 heteroatoms. The summed E-state index contributed by atoms with van der Waals surface area (Å²) in [6.07, 6.45) is 2.23. The van der Waals surface area contributed by atoms with Crippen molar-refractivity contribution in [3.63, 3.8) is 0 Å². The van der Waals surface area contributed by atoms with Crippen LogP contribution in [0.4, 0.5) is 5.82 Å². The number of aryl methyl sites for hydroxylation is 1. The van der Waals surface area contributed by atoms with Gasteiger partial charge in [0.1, 0.15) is 5.82 Å². The Morgan fingerprint density at radius 2 is 2.16 bits per heavy atom. The highest BCUT2D eigenvalue weighted by Crippen LogP contribution is 2.21. The van der Waals surface area contributed by atoms with E-state index in [4.69, 9.17) is 0 Å². The molecule has 1 aliphatic rings. The standard InChI is InChI=1S/C15H20N4/c1-2-11-3-5-12(6-4-11)14-9-15(19-18-14)17-13-7-8-16-10-13/h3-6,9,13,16H,2,7-8,10H2,1H3,(H2,17,18,19).